The fraction of sp³-hybridized carbons (Fsp3) is 0.273. The first-order valence-corrected chi connectivity index (χ1v) is 5.06. The molecule has 0 unspecified atom stereocenters. The third-order valence-electron chi connectivity index (χ3n) is 2.07. The molecule has 1 aromatic carbocycles. The number of rotatable bonds is 6. The predicted molar refractivity (Wildman–Crippen MR) is 65.8 cm³/mol. The topological polar surface area (TPSA) is 90.4 Å². The summed E-state index contributed by atoms with van der Waals surface area (Å²) in [5.74, 6) is 5.63. The molecule has 0 saturated carbocycles. The van der Waals surface area contributed by atoms with Crippen LogP contribution in [0.2, 0.25) is 0 Å². The van der Waals surface area contributed by atoms with Gasteiger partial charge in [0.25, 0.3) is 5.69 Å². The Hall–Kier alpha value is -2.08. The number of ether oxygens (including phenoxy) is 1. The lowest BCUT2D eigenvalue weighted by atomic mass is 10.2. The van der Waals surface area contributed by atoms with Gasteiger partial charge in [0.1, 0.15) is 5.75 Å². The van der Waals surface area contributed by atoms with Crippen molar-refractivity contribution in [3.05, 3.63) is 40.5 Å². The predicted octanol–water partition coefficient (Wildman–Crippen LogP) is 2.23. The standard InChI is InChI=1S/C11H15N3O3/c1-8(2)3-4-17-11-6-9(13-12)5-10(7-11)14(15)16/h5-7,13H,1,3-4,12H2,2H3. The molecule has 0 aliphatic carbocycles. The van der Waals surface area contributed by atoms with Gasteiger partial charge < -0.3 is 10.2 Å². The molecule has 1 aromatic rings. The van der Waals surface area contributed by atoms with Gasteiger partial charge in [-0.1, -0.05) is 5.57 Å². The number of hydrazine groups is 1. The summed E-state index contributed by atoms with van der Waals surface area (Å²) in [7, 11) is 0. The van der Waals surface area contributed by atoms with Gasteiger partial charge >= 0.3 is 0 Å². The Morgan fingerprint density at radius 1 is 1.59 bits per heavy atom. The number of nitrogens with zero attached hydrogens (tertiary/aromatic N) is 1. The molecule has 0 fully saturated rings. The zero-order chi connectivity index (χ0) is 12.8. The smallest absolute Gasteiger partial charge is 0.275 e. The van der Waals surface area contributed by atoms with Crippen molar-refractivity contribution in [2.24, 2.45) is 5.84 Å². The van der Waals surface area contributed by atoms with E-state index in [4.69, 9.17) is 10.6 Å². The number of nitro groups is 1. The molecular formula is C11H15N3O3. The van der Waals surface area contributed by atoms with E-state index in [1.807, 2.05) is 6.92 Å². The van der Waals surface area contributed by atoms with Crippen LogP contribution in [0.3, 0.4) is 0 Å². The van der Waals surface area contributed by atoms with Gasteiger partial charge in [-0.15, -0.1) is 6.58 Å². The van der Waals surface area contributed by atoms with Crippen molar-refractivity contribution < 1.29 is 9.66 Å². The average Bonchev–Trinajstić information content (AvgIpc) is 2.28. The molecule has 0 aliphatic rings. The van der Waals surface area contributed by atoms with Crippen LogP contribution in [0.5, 0.6) is 5.75 Å². The molecule has 0 saturated heterocycles. The maximum absolute atomic E-state index is 10.7. The van der Waals surface area contributed by atoms with Crippen LogP contribution in [0.15, 0.2) is 30.4 Å². The lowest BCUT2D eigenvalue weighted by Crippen LogP contribution is -2.07. The number of nitrogen functional groups attached to an aromatic ring is 1. The van der Waals surface area contributed by atoms with Crippen molar-refractivity contribution >= 4 is 11.4 Å². The van der Waals surface area contributed by atoms with Crippen molar-refractivity contribution in [3.8, 4) is 5.75 Å². The SMILES string of the molecule is C=C(C)CCOc1cc(NN)cc([N+](=O)[O-])c1. The van der Waals surface area contributed by atoms with Crippen LogP contribution < -0.4 is 16.0 Å². The van der Waals surface area contributed by atoms with E-state index < -0.39 is 4.92 Å². The van der Waals surface area contributed by atoms with Gasteiger partial charge in [-0.2, -0.15) is 0 Å². The second-order valence-corrected chi connectivity index (χ2v) is 3.67. The van der Waals surface area contributed by atoms with Crippen molar-refractivity contribution in [1.29, 1.82) is 0 Å². The molecule has 0 heterocycles. The van der Waals surface area contributed by atoms with E-state index in [1.54, 1.807) is 6.07 Å². The van der Waals surface area contributed by atoms with Gasteiger partial charge in [-0.3, -0.25) is 16.0 Å². The summed E-state index contributed by atoms with van der Waals surface area (Å²) in [5, 5.41) is 10.7. The van der Waals surface area contributed by atoms with Crippen LogP contribution in [0.4, 0.5) is 11.4 Å². The van der Waals surface area contributed by atoms with Crippen molar-refractivity contribution in [1.82, 2.24) is 0 Å². The highest BCUT2D eigenvalue weighted by atomic mass is 16.6. The third kappa shape index (κ3) is 4.12. The summed E-state index contributed by atoms with van der Waals surface area (Å²) in [6.45, 7) is 6.07. The number of nitro benzene ring substituents is 1. The largest absolute Gasteiger partial charge is 0.493 e. The monoisotopic (exact) mass is 237 g/mol. The highest BCUT2D eigenvalue weighted by Gasteiger charge is 2.10. The Morgan fingerprint density at radius 2 is 2.29 bits per heavy atom. The van der Waals surface area contributed by atoms with Gasteiger partial charge in [0, 0.05) is 18.6 Å². The maximum Gasteiger partial charge on any atom is 0.275 e. The normalized spacial score (nSPS) is 9.76. The van der Waals surface area contributed by atoms with E-state index in [-0.39, 0.29) is 5.69 Å². The van der Waals surface area contributed by atoms with E-state index in [1.165, 1.54) is 12.1 Å². The number of hydrogen-bond donors (Lipinski definition) is 2. The molecule has 0 aliphatic heterocycles. The summed E-state index contributed by atoms with van der Waals surface area (Å²) in [6.07, 6.45) is 0.702. The second-order valence-electron chi connectivity index (χ2n) is 3.67. The fourth-order valence-corrected chi connectivity index (χ4v) is 1.20. The molecule has 0 bridgehead atoms. The lowest BCUT2D eigenvalue weighted by molar-refractivity contribution is -0.384. The summed E-state index contributed by atoms with van der Waals surface area (Å²) < 4.78 is 5.39. The molecule has 6 heteroatoms. The summed E-state index contributed by atoms with van der Waals surface area (Å²) in [4.78, 5) is 10.2. The zero-order valence-electron chi connectivity index (χ0n) is 9.60. The molecule has 6 nitrogen and oxygen atoms in total. The molecule has 1 rings (SSSR count). The molecule has 92 valence electrons. The van der Waals surface area contributed by atoms with Gasteiger partial charge in [-0.05, 0) is 6.92 Å². The van der Waals surface area contributed by atoms with Crippen LogP contribution in [0.1, 0.15) is 13.3 Å². The molecule has 0 radical (unpaired) electrons. The minimum atomic E-state index is -0.494. The number of benzene rings is 1. The minimum absolute atomic E-state index is 0.0641. The van der Waals surface area contributed by atoms with E-state index >= 15 is 0 Å². The van der Waals surface area contributed by atoms with Crippen LogP contribution in [-0.2, 0) is 0 Å². The molecule has 17 heavy (non-hydrogen) atoms. The Morgan fingerprint density at radius 3 is 2.82 bits per heavy atom. The number of non-ortho nitro benzene ring substituents is 1. The molecule has 0 aromatic heterocycles. The summed E-state index contributed by atoms with van der Waals surface area (Å²) >= 11 is 0. The van der Waals surface area contributed by atoms with Gasteiger partial charge in [0.2, 0.25) is 0 Å². The van der Waals surface area contributed by atoms with Gasteiger partial charge in [0.05, 0.1) is 23.3 Å². The van der Waals surface area contributed by atoms with Crippen molar-refractivity contribution in [2.45, 2.75) is 13.3 Å². The Kier molecular flexibility index (Phi) is 4.47. The first-order chi connectivity index (χ1) is 8.02. The van der Waals surface area contributed by atoms with E-state index in [9.17, 15) is 10.1 Å². The zero-order valence-corrected chi connectivity index (χ0v) is 9.60. The number of nitrogens with one attached hydrogen (secondary N) is 1. The van der Waals surface area contributed by atoms with Gasteiger partial charge in [-0.25, -0.2) is 0 Å². The highest BCUT2D eigenvalue weighted by molar-refractivity contribution is 5.55. The van der Waals surface area contributed by atoms with Crippen molar-refractivity contribution in [3.63, 3.8) is 0 Å². The first-order valence-electron chi connectivity index (χ1n) is 5.06. The average molecular weight is 237 g/mol. The van der Waals surface area contributed by atoms with Gasteiger partial charge in [0.15, 0.2) is 0 Å². The Bertz CT molecular complexity index is 432. The third-order valence-corrected chi connectivity index (χ3v) is 2.07. The fourth-order valence-electron chi connectivity index (χ4n) is 1.20. The molecule has 0 amide bonds. The van der Waals surface area contributed by atoms with E-state index in [2.05, 4.69) is 12.0 Å². The van der Waals surface area contributed by atoms with E-state index in [0.29, 0.717) is 24.5 Å². The van der Waals surface area contributed by atoms with Crippen molar-refractivity contribution in [2.75, 3.05) is 12.0 Å². The number of hydrogen-bond acceptors (Lipinski definition) is 5. The highest BCUT2D eigenvalue weighted by Crippen LogP contribution is 2.25. The quantitative estimate of drug-likeness (QED) is 0.342. The molecule has 0 atom stereocenters. The summed E-state index contributed by atoms with van der Waals surface area (Å²) in [5.41, 5.74) is 3.72. The Labute approximate surface area is 99.2 Å². The summed E-state index contributed by atoms with van der Waals surface area (Å²) in [6, 6.07) is 4.30. The maximum atomic E-state index is 10.7. The minimum Gasteiger partial charge on any atom is -0.493 e. The Balaban J connectivity index is 2.80. The number of anilines is 1. The van der Waals surface area contributed by atoms with Crippen LogP contribution in [-0.4, -0.2) is 11.5 Å². The van der Waals surface area contributed by atoms with Crippen LogP contribution in [0, 0.1) is 10.1 Å². The molecule has 0 spiro atoms. The first kappa shape index (κ1) is 13.0. The van der Waals surface area contributed by atoms with Crippen LogP contribution in [0.25, 0.3) is 0 Å². The van der Waals surface area contributed by atoms with Crippen LogP contribution >= 0.6 is 0 Å². The molecule has 3 N–H and O–H groups in total. The lowest BCUT2D eigenvalue weighted by Gasteiger charge is -2.08. The number of nitrogens with two attached hydrogens (primary N) is 1. The second kappa shape index (κ2) is 5.86. The van der Waals surface area contributed by atoms with E-state index in [0.717, 1.165) is 5.57 Å². The molecular weight excluding hydrogens is 222 g/mol.